The third-order valence-electron chi connectivity index (χ3n) is 2.62. The van der Waals surface area contributed by atoms with E-state index in [2.05, 4.69) is 15.9 Å². The summed E-state index contributed by atoms with van der Waals surface area (Å²) in [7, 11) is 1.59. The molecule has 1 aromatic carbocycles. The minimum absolute atomic E-state index is 0.0251. The molecule has 0 fully saturated rings. The molecule has 0 radical (unpaired) electrons. The van der Waals surface area contributed by atoms with Crippen LogP contribution in [0.3, 0.4) is 0 Å². The number of ketones is 1. The molecule has 0 amide bonds. The normalized spacial score (nSPS) is 10.3. The fourth-order valence-electron chi connectivity index (χ4n) is 1.61. The van der Waals surface area contributed by atoms with Gasteiger partial charge < -0.3 is 9.47 Å². The largest absolute Gasteiger partial charge is 0.497 e. The zero-order chi connectivity index (χ0) is 13.8. The van der Waals surface area contributed by atoms with Crippen LogP contribution in [-0.2, 0) is 6.61 Å². The van der Waals surface area contributed by atoms with Gasteiger partial charge in [-0.1, -0.05) is 0 Å². The van der Waals surface area contributed by atoms with Crippen molar-refractivity contribution in [2.24, 2.45) is 0 Å². The molecule has 0 saturated heterocycles. The van der Waals surface area contributed by atoms with Crippen LogP contribution >= 0.6 is 27.3 Å². The number of ether oxygens (including phenoxy) is 2. The number of rotatable bonds is 5. The van der Waals surface area contributed by atoms with Gasteiger partial charge in [0.05, 0.1) is 17.6 Å². The van der Waals surface area contributed by atoms with E-state index in [1.54, 1.807) is 36.6 Å². The fourth-order valence-corrected chi connectivity index (χ4v) is 2.99. The van der Waals surface area contributed by atoms with Crippen molar-refractivity contribution in [1.82, 2.24) is 0 Å². The number of halogens is 1. The summed E-state index contributed by atoms with van der Waals surface area (Å²) in [5.74, 6) is 1.19. The Labute approximate surface area is 124 Å². The number of Topliss-reactive ketones (excluding diaryl/α,β-unsaturated/α-hetero) is 1. The SMILES string of the molecule is COc1ccc(C(C)=O)c(OCc2sccc2Br)c1. The lowest BCUT2D eigenvalue weighted by molar-refractivity contribution is 0.101. The summed E-state index contributed by atoms with van der Waals surface area (Å²) in [5, 5.41) is 1.99. The second-order valence-electron chi connectivity index (χ2n) is 3.90. The minimum atomic E-state index is -0.0251. The summed E-state index contributed by atoms with van der Waals surface area (Å²) in [6.07, 6.45) is 0. The maximum atomic E-state index is 11.6. The molecule has 1 heterocycles. The summed E-state index contributed by atoms with van der Waals surface area (Å²) in [5.41, 5.74) is 0.563. The van der Waals surface area contributed by atoms with Crippen molar-refractivity contribution >= 4 is 33.0 Å². The maximum absolute atomic E-state index is 11.6. The van der Waals surface area contributed by atoms with Gasteiger partial charge in [0, 0.05) is 10.5 Å². The average molecular weight is 341 g/mol. The van der Waals surface area contributed by atoms with Crippen LogP contribution in [0.1, 0.15) is 22.2 Å². The maximum Gasteiger partial charge on any atom is 0.163 e. The minimum Gasteiger partial charge on any atom is -0.497 e. The van der Waals surface area contributed by atoms with Crippen LogP contribution in [-0.4, -0.2) is 12.9 Å². The predicted molar refractivity (Wildman–Crippen MR) is 79.3 cm³/mol. The number of thiophene rings is 1. The van der Waals surface area contributed by atoms with Gasteiger partial charge in [0.25, 0.3) is 0 Å². The van der Waals surface area contributed by atoms with Gasteiger partial charge in [-0.2, -0.15) is 0 Å². The Morgan fingerprint density at radius 3 is 2.74 bits per heavy atom. The van der Waals surface area contributed by atoms with Gasteiger partial charge in [-0.3, -0.25) is 4.79 Å². The first-order chi connectivity index (χ1) is 9.11. The fraction of sp³-hybridized carbons (Fsp3) is 0.214. The summed E-state index contributed by atoms with van der Waals surface area (Å²) in [6.45, 7) is 1.95. The lowest BCUT2D eigenvalue weighted by Gasteiger charge is -2.11. The van der Waals surface area contributed by atoms with Crippen molar-refractivity contribution in [3.63, 3.8) is 0 Å². The monoisotopic (exact) mass is 340 g/mol. The van der Waals surface area contributed by atoms with Crippen LogP contribution < -0.4 is 9.47 Å². The van der Waals surface area contributed by atoms with E-state index in [1.165, 1.54) is 6.92 Å². The molecule has 0 atom stereocenters. The van der Waals surface area contributed by atoms with E-state index in [9.17, 15) is 4.79 Å². The molecule has 3 nitrogen and oxygen atoms in total. The number of hydrogen-bond acceptors (Lipinski definition) is 4. The van der Waals surface area contributed by atoms with Crippen molar-refractivity contribution in [3.05, 3.63) is 44.6 Å². The van der Waals surface area contributed by atoms with Crippen molar-refractivity contribution in [2.45, 2.75) is 13.5 Å². The molecule has 1 aromatic heterocycles. The van der Waals surface area contributed by atoms with Crippen LogP contribution in [0.4, 0.5) is 0 Å². The van der Waals surface area contributed by atoms with Crippen molar-refractivity contribution in [3.8, 4) is 11.5 Å². The molecule has 100 valence electrons. The van der Waals surface area contributed by atoms with Crippen LogP contribution in [0, 0.1) is 0 Å². The van der Waals surface area contributed by atoms with Crippen molar-refractivity contribution < 1.29 is 14.3 Å². The topological polar surface area (TPSA) is 35.5 Å². The summed E-state index contributed by atoms with van der Waals surface area (Å²) >= 11 is 5.06. The Balaban J connectivity index is 2.22. The van der Waals surface area contributed by atoms with E-state index >= 15 is 0 Å². The molecule has 0 aliphatic rings. The summed E-state index contributed by atoms with van der Waals surface area (Å²) < 4.78 is 11.9. The number of hydrogen-bond donors (Lipinski definition) is 0. The number of carbonyl (C=O) groups excluding carboxylic acids is 1. The van der Waals surface area contributed by atoms with E-state index in [1.807, 2.05) is 11.4 Å². The van der Waals surface area contributed by atoms with Gasteiger partial charge in [0.2, 0.25) is 0 Å². The zero-order valence-corrected chi connectivity index (χ0v) is 13.0. The molecule has 2 aromatic rings. The Morgan fingerprint density at radius 2 is 2.16 bits per heavy atom. The first-order valence-corrected chi connectivity index (χ1v) is 7.32. The molecule has 0 aliphatic heterocycles. The van der Waals surface area contributed by atoms with Gasteiger partial charge in [0.15, 0.2) is 5.78 Å². The Hall–Kier alpha value is -1.33. The molecule has 2 rings (SSSR count). The molecule has 19 heavy (non-hydrogen) atoms. The van der Waals surface area contributed by atoms with Crippen LogP contribution in [0.15, 0.2) is 34.1 Å². The quantitative estimate of drug-likeness (QED) is 0.761. The molecule has 0 bridgehead atoms. The summed E-state index contributed by atoms with van der Waals surface area (Å²) in [4.78, 5) is 12.6. The van der Waals surface area contributed by atoms with Crippen LogP contribution in [0.25, 0.3) is 0 Å². The highest BCUT2D eigenvalue weighted by molar-refractivity contribution is 9.10. The molecular formula is C14H13BrO3S. The highest BCUT2D eigenvalue weighted by Gasteiger charge is 2.11. The smallest absolute Gasteiger partial charge is 0.163 e. The number of methoxy groups -OCH3 is 1. The third kappa shape index (κ3) is 3.36. The van der Waals surface area contributed by atoms with Gasteiger partial charge >= 0.3 is 0 Å². The lowest BCUT2D eigenvalue weighted by Crippen LogP contribution is -2.01. The van der Waals surface area contributed by atoms with E-state index < -0.39 is 0 Å². The van der Waals surface area contributed by atoms with E-state index in [-0.39, 0.29) is 5.78 Å². The predicted octanol–water partition coefficient (Wildman–Crippen LogP) is 4.30. The summed E-state index contributed by atoms with van der Waals surface area (Å²) in [6, 6.07) is 7.18. The Kier molecular flexibility index (Phi) is 4.61. The van der Waals surface area contributed by atoms with Gasteiger partial charge in [-0.15, -0.1) is 11.3 Å². The first-order valence-electron chi connectivity index (χ1n) is 5.65. The molecule has 0 aliphatic carbocycles. The lowest BCUT2D eigenvalue weighted by atomic mass is 10.1. The van der Waals surface area contributed by atoms with Gasteiger partial charge in [0.1, 0.15) is 18.1 Å². The second kappa shape index (κ2) is 6.21. The van der Waals surface area contributed by atoms with Gasteiger partial charge in [-0.25, -0.2) is 0 Å². The highest BCUT2D eigenvalue weighted by Crippen LogP contribution is 2.28. The van der Waals surface area contributed by atoms with Crippen LogP contribution in [0.2, 0.25) is 0 Å². The Morgan fingerprint density at radius 1 is 1.37 bits per heavy atom. The number of carbonyl (C=O) groups is 1. The van der Waals surface area contributed by atoms with E-state index in [4.69, 9.17) is 9.47 Å². The molecule has 0 unspecified atom stereocenters. The third-order valence-corrected chi connectivity index (χ3v) is 4.52. The Bertz CT molecular complexity index is 592. The molecule has 0 saturated carbocycles. The second-order valence-corrected chi connectivity index (χ2v) is 5.75. The standard InChI is InChI=1S/C14H13BrO3S/c1-9(16)11-4-3-10(17-2)7-13(11)18-8-14-12(15)5-6-19-14/h3-7H,8H2,1-2H3. The highest BCUT2D eigenvalue weighted by atomic mass is 79.9. The van der Waals surface area contributed by atoms with Gasteiger partial charge in [-0.05, 0) is 46.4 Å². The average Bonchev–Trinajstić information content (AvgIpc) is 2.81. The zero-order valence-electron chi connectivity index (χ0n) is 10.6. The van der Waals surface area contributed by atoms with E-state index in [0.29, 0.717) is 23.7 Å². The molecule has 0 N–H and O–H groups in total. The van der Waals surface area contributed by atoms with Crippen molar-refractivity contribution in [1.29, 1.82) is 0 Å². The van der Waals surface area contributed by atoms with Crippen LogP contribution in [0.5, 0.6) is 11.5 Å². The first kappa shape index (κ1) is 14.1. The molecular weight excluding hydrogens is 328 g/mol. The van der Waals surface area contributed by atoms with E-state index in [0.717, 1.165) is 9.35 Å². The molecule has 5 heteroatoms. The number of benzene rings is 1. The molecule has 0 spiro atoms. The van der Waals surface area contributed by atoms with Crippen molar-refractivity contribution in [2.75, 3.05) is 7.11 Å².